The maximum atomic E-state index is 5.95. The van der Waals surface area contributed by atoms with Crippen LogP contribution in [-0.4, -0.2) is 28.5 Å². The van der Waals surface area contributed by atoms with Crippen LogP contribution in [0.5, 0.6) is 0 Å². The maximum Gasteiger partial charge on any atom is 0.107 e. The van der Waals surface area contributed by atoms with E-state index in [9.17, 15) is 0 Å². The summed E-state index contributed by atoms with van der Waals surface area (Å²) in [7, 11) is 0. The van der Waals surface area contributed by atoms with Gasteiger partial charge < -0.3 is 5.73 Å². The van der Waals surface area contributed by atoms with E-state index < -0.39 is 0 Å². The lowest BCUT2D eigenvalue weighted by molar-refractivity contribution is 0.140. The van der Waals surface area contributed by atoms with Crippen LogP contribution in [0.25, 0.3) is 0 Å². The molecule has 0 aromatic carbocycles. The Balaban J connectivity index is 1.94. The highest BCUT2D eigenvalue weighted by Crippen LogP contribution is 2.20. The summed E-state index contributed by atoms with van der Waals surface area (Å²) in [6.07, 6.45) is 4.19. The number of thiazole rings is 1. The molecule has 0 spiro atoms. The fourth-order valence-corrected chi connectivity index (χ4v) is 2.95. The zero-order valence-corrected chi connectivity index (χ0v) is 10.3. The summed E-state index contributed by atoms with van der Waals surface area (Å²) in [6.45, 7) is 6.48. The molecule has 1 fully saturated rings. The van der Waals surface area contributed by atoms with E-state index in [1.54, 1.807) is 11.3 Å². The fourth-order valence-electron chi connectivity index (χ4n) is 2.14. The van der Waals surface area contributed by atoms with Crippen molar-refractivity contribution in [1.29, 1.82) is 0 Å². The van der Waals surface area contributed by atoms with Crippen molar-refractivity contribution in [3.05, 3.63) is 16.1 Å². The van der Waals surface area contributed by atoms with E-state index in [4.69, 9.17) is 5.73 Å². The van der Waals surface area contributed by atoms with Gasteiger partial charge in [0, 0.05) is 29.7 Å². The third-order valence-corrected chi connectivity index (χ3v) is 3.96. The molecule has 84 valence electrons. The Bertz CT molecular complexity index is 323. The van der Waals surface area contributed by atoms with Crippen LogP contribution in [0.3, 0.4) is 0 Å². The monoisotopic (exact) mass is 225 g/mol. The molecule has 2 rings (SSSR count). The van der Waals surface area contributed by atoms with Gasteiger partial charge in [0.25, 0.3) is 0 Å². The van der Waals surface area contributed by atoms with Crippen molar-refractivity contribution in [2.24, 2.45) is 5.73 Å². The average molecular weight is 225 g/mol. The zero-order chi connectivity index (χ0) is 10.8. The van der Waals surface area contributed by atoms with E-state index in [2.05, 4.69) is 23.7 Å². The van der Waals surface area contributed by atoms with Crippen molar-refractivity contribution < 1.29 is 0 Å². The van der Waals surface area contributed by atoms with E-state index in [1.165, 1.54) is 9.88 Å². The molecule has 1 aliphatic heterocycles. The molecule has 4 heteroatoms. The molecule has 1 saturated heterocycles. The normalized spacial score (nSPS) is 28.2. The van der Waals surface area contributed by atoms with E-state index >= 15 is 0 Å². The average Bonchev–Trinajstić information content (AvgIpc) is 2.56. The standard InChI is InChI=1S/C11H19N3S/c1-8-5-10(12)3-4-14(8)7-11-13-6-9(2)15-11/h6,8,10H,3-5,7,12H2,1-2H3. The van der Waals surface area contributed by atoms with Gasteiger partial charge in [-0.2, -0.15) is 0 Å². The first-order chi connectivity index (χ1) is 7.15. The van der Waals surface area contributed by atoms with Crippen LogP contribution in [0.15, 0.2) is 6.20 Å². The van der Waals surface area contributed by atoms with Crippen LogP contribution >= 0.6 is 11.3 Å². The third kappa shape index (κ3) is 2.77. The Morgan fingerprint density at radius 1 is 1.67 bits per heavy atom. The molecule has 0 saturated carbocycles. The highest BCUT2D eigenvalue weighted by molar-refractivity contribution is 7.11. The van der Waals surface area contributed by atoms with Crippen LogP contribution in [0.1, 0.15) is 29.7 Å². The number of rotatable bonds is 2. The van der Waals surface area contributed by atoms with E-state index in [1.807, 2.05) is 6.20 Å². The Morgan fingerprint density at radius 3 is 3.07 bits per heavy atom. The first-order valence-electron chi connectivity index (χ1n) is 5.56. The van der Waals surface area contributed by atoms with Gasteiger partial charge in [-0.05, 0) is 26.7 Å². The summed E-state index contributed by atoms with van der Waals surface area (Å²) in [5.41, 5.74) is 5.95. The van der Waals surface area contributed by atoms with Crippen molar-refractivity contribution in [2.75, 3.05) is 6.54 Å². The minimum Gasteiger partial charge on any atom is -0.328 e. The summed E-state index contributed by atoms with van der Waals surface area (Å²) < 4.78 is 0. The van der Waals surface area contributed by atoms with Gasteiger partial charge in [0.05, 0.1) is 6.54 Å². The smallest absolute Gasteiger partial charge is 0.107 e. The Morgan fingerprint density at radius 2 is 2.47 bits per heavy atom. The van der Waals surface area contributed by atoms with Crippen molar-refractivity contribution in [2.45, 2.75) is 45.3 Å². The number of hydrogen-bond donors (Lipinski definition) is 1. The van der Waals surface area contributed by atoms with Crippen LogP contribution in [-0.2, 0) is 6.54 Å². The molecular weight excluding hydrogens is 206 g/mol. The molecule has 0 aliphatic carbocycles. The number of aryl methyl sites for hydroxylation is 1. The first-order valence-corrected chi connectivity index (χ1v) is 6.37. The van der Waals surface area contributed by atoms with E-state index in [-0.39, 0.29) is 0 Å². The van der Waals surface area contributed by atoms with Crippen LogP contribution in [0.2, 0.25) is 0 Å². The molecular formula is C11H19N3S. The minimum atomic E-state index is 0.397. The largest absolute Gasteiger partial charge is 0.328 e. The van der Waals surface area contributed by atoms with Crippen LogP contribution < -0.4 is 5.73 Å². The molecule has 0 radical (unpaired) electrons. The van der Waals surface area contributed by atoms with Crippen molar-refractivity contribution in [3.63, 3.8) is 0 Å². The molecule has 0 bridgehead atoms. The van der Waals surface area contributed by atoms with Crippen molar-refractivity contribution >= 4 is 11.3 Å². The molecule has 2 heterocycles. The van der Waals surface area contributed by atoms with E-state index in [0.717, 1.165) is 25.9 Å². The Kier molecular flexibility index (Phi) is 3.38. The first kappa shape index (κ1) is 11.0. The second kappa shape index (κ2) is 4.60. The second-order valence-corrected chi connectivity index (χ2v) is 5.79. The van der Waals surface area contributed by atoms with E-state index in [0.29, 0.717) is 12.1 Å². The number of nitrogens with zero attached hydrogens (tertiary/aromatic N) is 2. The number of hydrogen-bond acceptors (Lipinski definition) is 4. The lowest BCUT2D eigenvalue weighted by atomic mass is 9.99. The second-order valence-electron chi connectivity index (χ2n) is 4.47. The SMILES string of the molecule is Cc1cnc(CN2CCC(N)CC2C)s1. The molecule has 0 amide bonds. The predicted octanol–water partition coefficient (Wildman–Crippen LogP) is 1.76. The molecule has 1 aromatic heterocycles. The quantitative estimate of drug-likeness (QED) is 0.834. The Labute approximate surface area is 95.3 Å². The molecule has 2 unspecified atom stereocenters. The third-order valence-electron chi connectivity index (χ3n) is 3.06. The number of piperidine rings is 1. The summed E-state index contributed by atoms with van der Waals surface area (Å²) in [5.74, 6) is 0. The summed E-state index contributed by atoms with van der Waals surface area (Å²) in [6, 6.07) is 0.993. The highest BCUT2D eigenvalue weighted by atomic mass is 32.1. The van der Waals surface area contributed by atoms with Crippen molar-refractivity contribution in [3.8, 4) is 0 Å². The van der Waals surface area contributed by atoms with Gasteiger partial charge >= 0.3 is 0 Å². The van der Waals surface area contributed by atoms with Gasteiger partial charge in [0.2, 0.25) is 0 Å². The molecule has 2 N–H and O–H groups in total. The lowest BCUT2D eigenvalue weighted by Gasteiger charge is -2.35. The predicted molar refractivity (Wildman–Crippen MR) is 63.9 cm³/mol. The molecule has 2 atom stereocenters. The molecule has 15 heavy (non-hydrogen) atoms. The molecule has 1 aliphatic rings. The van der Waals surface area contributed by atoms with Crippen LogP contribution in [0.4, 0.5) is 0 Å². The zero-order valence-electron chi connectivity index (χ0n) is 9.44. The number of likely N-dealkylation sites (tertiary alicyclic amines) is 1. The lowest BCUT2D eigenvalue weighted by Crippen LogP contribution is -2.44. The molecule has 3 nitrogen and oxygen atoms in total. The summed E-state index contributed by atoms with van der Waals surface area (Å²) in [5, 5.41) is 1.23. The fraction of sp³-hybridized carbons (Fsp3) is 0.727. The van der Waals surface area contributed by atoms with Crippen LogP contribution in [0, 0.1) is 6.92 Å². The summed E-state index contributed by atoms with van der Waals surface area (Å²) in [4.78, 5) is 8.19. The van der Waals surface area contributed by atoms with Gasteiger partial charge in [0.1, 0.15) is 5.01 Å². The highest BCUT2D eigenvalue weighted by Gasteiger charge is 2.23. The maximum absolute atomic E-state index is 5.95. The topological polar surface area (TPSA) is 42.2 Å². The summed E-state index contributed by atoms with van der Waals surface area (Å²) >= 11 is 1.80. The van der Waals surface area contributed by atoms with Gasteiger partial charge in [-0.1, -0.05) is 0 Å². The molecule has 1 aromatic rings. The van der Waals surface area contributed by atoms with Gasteiger partial charge in [0.15, 0.2) is 0 Å². The van der Waals surface area contributed by atoms with Gasteiger partial charge in [-0.3, -0.25) is 4.90 Å². The minimum absolute atomic E-state index is 0.397. The number of aromatic nitrogens is 1. The number of nitrogens with two attached hydrogens (primary N) is 1. The van der Waals surface area contributed by atoms with Gasteiger partial charge in [-0.25, -0.2) is 4.98 Å². The Hall–Kier alpha value is -0.450. The van der Waals surface area contributed by atoms with Gasteiger partial charge in [-0.15, -0.1) is 11.3 Å². The van der Waals surface area contributed by atoms with Crippen molar-refractivity contribution in [1.82, 2.24) is 9.88 Å².